The van der Waals surface area contributed by atoms with E-state index >= 15 is 0 Å². The van der Waals surface area contributed by atoms with Crippen LogP contribution in [0.3, 0.4) is 0 Å². The molecule has 0 heterocycles. The molecule has 100 valence electrons. The molecule has 0 spiro atoms. The molecule has 3 N–H and O–H groups in total. The van der Waals surface area contributed by atoms with Crippen molar-refractivity contribution in [2.45, 2.75) is 71.4 Å². The largest absolute Gasteiger partial charge is 0.352 e. The van der Waals surface area contributed by atoms with Gasteiger partial charge in [0.1, 0.15) is 0 Å². The molecule has 0 aliphatic heterocycles. The molecular formula is C14H28N2O. The third-order valence-electron chi connectivity index (χ3n) is 4.13. The van der Waals surface area contributed by atoms with E-state index in [1.165, 1.54) is 32.1 Å². The third-order valence-corrected chi connectivity index (χ3v) is 4.13. The van der Waals surface area contributed by atoms with Gasteiger partial charge in [-0.3, -0.25) is 4.79 Å². The normalized spacial score (nSPS) is 21.9. The molecule has 1 rings (SSSR count). The summed E-state index contributed by atoms with van der Waals surface area (Å²) in [4.78, 5) is 11.8. The maximum Gasteiger partial charge on any atom is 0.239 e. The van der Waals surface area contributed by atoms with Crippen LogP contribution in [0.15, 0.2) is 0 Å². The Labute approximate surface area is 106 Å². The van der Waals surface area contributed by atoms with Gasteiger partial charge in [0, 0.05) is 6.04 Å². The molecule has 0 saturated heterocycles. The fourth-order valence-electron chi connectivity index (χ4n) is 2.59. The lowest BCUT2D eigenvalue weighted by molar-refractivity contribution is -0.126. The van der Waals surface area contributed by atoms with E-state index in [1.54, 1.807) is 13.8 Å². The highest BCUT2D eigenvalue weighted by Gasteiger charge is 2.28. The van der Waals surface area contributed by atoms with Crippen LogP contribution in [-0.2, 0) is 4.79 Å². The molecule has 1 saturated carbocycles. The Balaban J connectivity index is 2.46. The summed E-state index contributed by atoms with van der Waals surface area (Å²) in [5.41, 5.74) is 5.02. The maximum atomic E-state index is 11.8. The second-order valence-electron chi connectivity index (χ2n) is 6.24. The molecule has 0 aromatic carbocycles. The zero-order valence-corrected chi connectivity index (χ0v) is 11.8. The zero-order valence-electron chi connectivity index (χ0n) is 11.8. The summed E-state index contributed by atoms with van der Waals surface area (Å²) < 4.78 is 0. The van der Waals surface area contributed by atoms with Crippen molar-refractivity contribution >= 4 is 5.91 Å². The summed E-state index contributed by atoms with van der Waals surface area (Å²) >= 11 is 0. The van der Waals surface area contributed by atoms with Gasteiger partial charge in [-0.1, -0.05) is 39.0 Å². The molecule has 1 fully saturated rings. The molecule has 0 aromatic heterocycles. The van der Waals surface area contributed by atoms with Crippen LogP contribution in [0.1, 0.15) is 59.8 Å². The maximum absolute atomic E-state index is 11.8. The molecule has 3 nitrogen and oxygen atoms in total. The minimum Gasteiger partial charge on any atom is -0.352 e. The average molecular weight is 240 g/mol. The van der Waals surface area contributed by atoms with Gasteiger partial charge in [-0.25, -0.2) is 0 Å². The van der Waals surface area contributed by atoms with E-state index in [0.29, 0.717) is 5.92 Å². The quantitative estimate of drug-likeness (QED) is 0.793. The first-order valence-electron chi connectivity index (χ1n) is 6.92. The first-order chi connectivity index (χ1) is 7.82. The predicted octanol–water partition coefficient (Wildman–Crippen LogP) is 2.44. The number of hydrogen-bond donors (Lipinski definition) is 2. The summed E-state index contributed by atoms with van der Waals surface area (Å²) in [6, 6.07) is 0.216. The summed E-state index contributed by atoms with van der Waals surface area (Å²) in [5.74, 6) is 1.26. The Hall–Kier alpha value is -0.570. The zero-order chi connectivity index (χ0) is 13.1. The van der Waals surface area contributed by atoms with Crippen LogP contribution >= 0.6 is 0 Å². The van der Waals surface area contributed by atoms with Crippen LogP contribution in [-0.4, -0.2) is 17.5 Å². The van der Waals surface area contributed by atoms with E-state index in [4.69, 9.17) is 5.73 Å². The number of carbonyl (C=O) groups is 1. The number of rotatable bonds is 4. The Morgan fingerprint density at radius 3 is 2.24 bits per heavy atom. The Kier molecular flexibility index (Phi) is 4.99. The molecular weight excluding hydrogens is 212 g/mol. The van der Waals surface area contributed by atoms with E-state index in [0.717, 1.165) is 5.92 Å². The number of carbonyl (C=O) groups excluding carboxylic acids is 1. The SMILES string of the molecule is CC(NC(=O)C(C)(C)N)C(C)C1CCCCC1. The molecule has 1 amide bonds. The first-order valence-corrected chi connectivity index (χ1v) is 6.92. The minimum absolute atomic E-state index is 0.0485. The highest BCUT2D eigenvalue weighted by molar-refractivity contribution is 5.85. The lowest BCUT2D eigenvalue weighted by atomic mass is 9.78. The summed E-state index contributed by atoms with van der Waals surface area (Å²) in [6.45, 7) is 7.86. The number of hydrogen-bond acceptors (Lipinski definition) is 2. The van der Waals surface area contributed by atoms with Gasteiger partial charge in [-0.15, -0.1) is 0 Å². The van der Waals surface area contributed by atoms with E-state index < -0.39 is 5.54 Å². The van der Waals surface area contributed by atoms with Gasteiger partial charge in [0.25, 0.3) is 0 Å². The van der Waals surface area contributed by atoms with Gasteiger partial charge >= 0.3 is 0 Å². The van der Waals surface area contributed by atoms with Gasteiger partial charge in [0.15, 0.2) is 0 Å². The van der Waals surface area contributed by atoms with Crippen molar-refractivity contribution < 1.29 is 4.79 Å². The lowest BCUT2D eigenvalue weighted by Gasteiger charge is -2.33. The molecule has 1 aliphatic rings. The highest BCUT2D eigenvalue weighted by Crippen LogP contribution is 2.31. The van der Waals surface area contributed by atoms with Crippen molar-refractivity contribution in [2.75, 3.05) is 0 Å². The van der Waals surface area contributed by atoms with E-state index in [9.17, 15) is 4.79 Å². The smallest absolute Gasteiger partial charge is 0.239 e. The Morgan fingerprint density at radius 2 is 1.76 bits per heavy atom. The Bertz CT molecular complexity index is 251. The van der Waals surface area contributed by atoms with Gasteiger partial charge in [0.2, 0.25) is 5.91 Å². The monoisotopic (exact) mass is 240 g/mol. The van der Waals surface area contributed by atoms with Crippen LogP contribution in [0.5, 0.6) is 0 Å². The fraction of sp³-hybridized carbons (Fsp3) is 0.929. The second-order valence-corrected chi connectivity index (χ2v) is 6.24. The van der Waals surface area contributed by atoms with Crippen LogP contribution in [0.25, 0.3) is 0 Å². The standard InChI is InChI=1S/C14H28N2O/c1-10(12-8-6-5-7-9-12)11(2)16-13(17)14(3,4)15/h10-12H,5-9,15H2,1-4H3,(H,16,17). The summed E-state index contributed by atoms with van der Waals surface area (Å²) in [6.07, 6.45) is 6.69. The van der Waals surface area contributed by atoms with E-state index in [2.05, 4.69) is 19.2 Å². The summed E-state index contributed by atoms with van der Waals surface area (Å²) in [7, 11) is 0. The second kappa shape index (κ2) is 5.85. The third kappa shape index (κ3) is 4.30. The van der Waals surface area contributed by atoms with Crippen LogP contribution in [0.2, 0.25) is 0 Å². The van der Waals surface area contributed by atoms with E-state index in [-0.39, 0.29) is 11.9 Å². The van der Waals surface area contributed by atoms with Gasteiger partial charge < -0.3 is 11.1 Å². The summed E-state index contributed by atoms with van der Waals surface area (Å²) in [5, 5.41) is 3.05. The van der Waals surface area contributed by atoms with Crippen molar-refractivity contribution in [3.63, 3.8) is 0 Å². The van der Waals surface area contributed by atoms with Crippen molar-refractivity contribution in [3.8, 4) is 0 Å². The van der Waals surface area contributed by atoms with Crippen molar-refractivity contribution in [1.29, 1.82) is 0 Å². The number of nitrogens with two attached hydrogens (primary N) is 1. The molecule has 2 unspecified atom stereocenters. The average Bonchev–Trinajstić information content (AvgIpc) is 2.27. The minimum atomic E-state index is -0.777. The van der Waals surface area contributed by atoms with Crippen molar-refractivity contribution in [2.24, 2.45) is 17.6 Å². The molecule has 2 atom stereocenters. The van der Waals surface area contributed by atoms with Gasteiger partial charge in [-0.2, -0.15) is 0 Å². The van der Waals surface area contributed by atoms with Crippen molar-refractivity contribution in [1.82, 2.24) is 5.32 Å². The molecule has 0 aromatic rings. The van der Waals surface area contributed by atoms with Crippen LogP contribution in [0.4, 0.5) is 0 Å². The fourth-order valence-corrected chi connectivity index (χ4v) is 2.59. The highest BCUT2D eigenvalue weighted by atomic mass is 16.2. The van der Waals surface area contributed by atoms with Crippen LogP contribution < -0.4 is 11.1 Å². The predicted molar refractivity (Wildman–Crippen MR) is 71.6 cm³/mol. The Morgan fingerprint density at radius 1 is 1.24 bits per heavy atom. The molecule has 17 heavy (non-hydrogen) atoms. The topological polar surface area (TPSA) is 55.1 Å². The van der Waals surface area contributed by atoms with Crippen LogP contribution in [0, 0.1) is 11.8 Å². The molecule has 1 aliphatic carbocycles. The number of nitrogens with one attached hydrogen (secondary N) is 1. The lowest BCUT2D eigenvalue weighted by Crippen LogP contribution is -2.53. The van der Waals surface area contributed by atoms with Gasteiger partial charge in [0.05, 0.1) is 5.54 Å². The number of amides is 1. The van der Waals surface area contributed by atoms with Gasteiger partial charge in [-0.05, 0) is 32.6 Å². The van der Waals surface area contributed by atoms with E-state index in [1.807, 2.05) is 0 Å². The molecule has 3 heteroatoms. The van der Waals surface area contributed by atoms with Crippen molar-refractivity contribution in [3.05, 3.63) is 0 Å². The molecule has 0 bridgehead atoms. The molecule has 0 radical (unpaired) electrons. The first kappa shape index (κ1) is 14.5.